The molecule has 16 heavy (non-hydrogen) atoms. The van der Waals surface area contributed by atoms with E-state index in [0.717, 1.165) is 0 Å². The van der Waals surface area contributed by atoms with Gasteiger partial charge in [-0.25, -0.2) is 4.79 Å². The van der Waals surface area contributed by atoms with E-state index in [0.29, 0.717) is 6.54 Å². The highest BCUT2D eigenvalue weighted by atomic mass is 16.4. The first-order valence-electron chi connectivity index (χ1n) is 5.26. The van der Waals surface area contributed by atoms with Gasteiger partial charge in [0.25, 0.3) is 0 Å². The Morgan fingerprint density at radius 1 is 1.38 bits per heavy atom. The number of aliphatic carboxylic acids is 1. The van der Waals surface area contributed by atoms with Gasteiger partial charge in [-0.2, -0.15) is 0 Å². The largest absolute Gasteiger partial charge is 0.480 e. The lowest BCUT2D eigenvalue weighted by Gasteiger charge is -2.20. The molecule has 0 bridgehead atoms. The van der Waals surface area contributed by atoms with E-state index < -0.39 is 12.0 Å². The van der Waals surface area contributed by atoms with E-state index >= 15 is 0 Å². The Morgan fingerprint density at radius 3 is 2.19 bits per heavy atom. The Balaban J connectivity index is 0. The molecule has 0 aromatic heterocycles. The third kappa shape index (κ3) is 9.42. The minimum absolute atomic E-state index is 0.0388. The summed E-state index contributed by atoms with van der Waals surface area (Å²) in [6.45, 7) is 5.78. The number of aliphatic hydroxyl groups is 1. The van der Waals surface area contributed by atoms with Crippen LogP contribution < -0.4 is 5.32 Å². The van der Waals surface area contributed by atoms with E-state index in [1.807, 2.05) is 13.8 Å². The van der Waals surface area contributed by atoms with Gasteiger partial charge in [-0.05, 0) is 7.05 Å². The number of rotatable bonds is 6. The van der Waals surface area contributed by atoms with Crippen molar-refractivity contribution < 1.29 is 19.8 Å². The maximum atomic E-state index is 10.7. The fraction of sp³-hybridized carbons (Fsp3) is 0.800. The number of hydrogen-bond donors (Lipinski definition) is 3. The van der Waals surface area contributed by atoms with Gasteiger partial charge >= 0.3 is 5.97 Å². The molecule has 0 heterocycles. The topological polar surface area (TPSA) is 89.9 Å². The molecule has 0 aromatic carbocycles. The first-order valence-corrected chi connectivity index (χ1v) is 5.26. The van der Waals surface area contributed by atoms with Crippen molar-refractivity contribution in [2.75, 3.05) is 26.7 Å². The van der Waals surface area contributed by atoms with Crippen molar-refractivity contribution in [3.63, 3.8) is 0 Å². The van der Waals surface area contributed by atoms with Gasteiger partial charge in [0.2, 0.25) is 5.91 Å². The van der Waals surface area contributed by atoms with Crippen LogP contribution in [-0.4, -0.2) is 59.8 Å². The second-order valence-corrected chi connectivity index (χ2v) is 3.08. The average molecular weight is 234 g/mol. The summed E-state index contributed by atoms with van der Waals surface area (Å²) < 4.78 is 0. The van der Waals surface area contributed by atoms with E-state index in [2.05, 4.69) is 5.32 Å². The van der Waals surface area contributed by atoms with Crippen LogP contribution in [0, 0.1) is 0 Å². The second kappa shape index (κ2) is 10.4. The van der Waals surface area contributed by atoms with Crippen molar-refractivity contribution in [2.24, 2.45) is 0 Å². The van der Waals surface area contributed by atoms with Crippen LogP contribution in [0.5, 0.6) is 0 Å². The molecular weight excluding hydrogens is 212 g/mol. The molecule has 0 rings (SSSR count). The number of carbonyl (C=O) groups excluding carboxylic acids is 1. The molecule has 0 aromatic rings. The molecule has 0 spiro atoms. The van der Waals surface area contributed by atoms with Crippen LogP contribution >= 0.6 is 0 Å². The fourth-order valence-electron chi connectivity index (χ4n) is 1.00. The predicted octanol–water partition coefficient (Wildman–Crippen LogP) is -0.474. The number of nitrogens with one attached hydrogen (secondary N) is 1. The van der Waals surface area contributed by atoms with Crippen molar-refractivity contribution in [3.8, 4) is 0 Å². The van der Waals surface area contributed by atoms with E-state index in [1.165, 1.54) is 6.92 Å². The quantitative estimate of drug-likeness (QED) is 0.578. The Bertz CT molecular complexity index is 209. The molecule has 6 nitrogen and oxygen atoms in total. The zero-order chi connectivity index (χ0) is 13.1. The smallest absolute Gasteiger partial charge is 0.327 e. The molecule has 0 aliphatic rings. The zero-order valence-corrected chi connectivity index (χ0v) is 10.4. The van der Waals surface area contributed by atoms with Crippen molar-refractivity contribution >= 4 is 11.9 Å². The van der Waals surface area contributed by atoms with Crippen molar-refractivity contribution in [2.45, 2.75) is 26.8 Å². The van der Waals surface area contributed by atoms with Gasteiger partial charge in [0.05, 0.1) is 6.61 Å². The van der Waals surface area contributed by atoms with Crippen LogP contribution in [-0.2, 0) is 9.59 Å². The minimum atomic E-state index is -1.08. The summed E-state index contributed by atoms with van der Waals surface area (Å²) in [6.07, 6.45) is 0. The van der Waals surface area contributed by atoms with Crippen molar-refractivity contribution in [1.29, 1.82) is 0 Å². The molecule has 1 amide bonds. The predicted molar refractivity (Wildman–Crippen MR) is 61.2 cm³/mol. The third-order valence-corrected chi connectivity index (χ3v) is 1.65. The first-order chi connectivity index (χ1) is 7.47. The van der Waals surface area contributed by atoms with Gasteiger partial charge in [0, 0.05) is 20.0 Å². The van der Waals surface area contributed by atoms with Gasteiger partial charge in [-0.1, -0.05) is 13.8 Å². The zero-order valence-electron chi connectivity index (χ0n) is 10.4. The Morgan fingerprint density at radius 2 is 1.88 bits per heavy atom. The molecule has 0 radical (unpaired) electrons. The molecule has 0 saturated carbocycles. The lowest BCUT2D eigenvalue weighted by atomic mass is 10.2. The van der Waals surface area contributed by atoms with E-state index in [9.17, 15) is 9.59 Å². The number of carboxylic acids is 1. The number of aliphatic hydroxyl groups excluding tert-OH is 1. The highest BCUT2D eigenvalue weighted by molar-refractivity contribution is 5.82. The summed E-state index contributed by atoms with van der Waals surface area (Å²) in [4.78, 5) is 23.0. The van der Waals surface area contributed by atoms with Gasteiger partial charge < -0.3 is 20.4 Å². The summed E-state index contributed by atoms with van der Waals surface area (Å²) in [5, 5.41) is 19.6. The maximum absolute atomic E-state index is 10.7. The maximum Gasteiger partial charge on any atom is 0.327 e. The number of nitrogens with zero attached hydrogens (tertiary/aromatic N) is 1. The SMILES string of the molecule is CC.CC(=O)N[C@H](CN(C)CCO)C(=O)O. The summed E-state index contributed by atoms with van der Waals surface area (Å²) in [5.74, 6) is -1.46. The molecule has 96 valence electrons. The summed E-state index contributed by atoms with van der Waals surface area (Å²) >= 11 is 0. The normalized spacial score (nSPS) is 11.4. The van der Waals surface area contributed by atoms with Crippen LogP contribution in [0.1, 0.15) is 20.8 Å². The lowest BCUT2D eigenvalue weighted by molar-refractivity contribution is -0.142. The molecule has 0 saturated heterocycles. The van der Waals surface area contributed by atoms with Crippen molar-refractivity contribution in [3.05, 3.63) is 0 Å². The van der Waals surface area contributed by atoms with Crippen LogP contribution in [0.2, 0.25) is 0 Å². The number of carboxylic acid groups (broad SMARTS) is 1. The molecule has 1 atom stereocenters. The van der Waals surface area contributed by atoms with Gasteiger partial charge in [-0.3, -0.25) is 4.79 Å². The minimum Gasteiger partial charge on any atom is -0.480 e. The molecular formula is C10H22N2O4. The monoisotopic (exact) mass is 234 g/mol. The summed E-state index contributed by atoms with van der Waals surface area (Å²) in [6, 6.07) is -0.927. The van der Waals surface area contributed by atoms with Crippen LogP contribution in [0.25, 0.3) is 0 Å². The van der Waals surface area contributed by atoms with Crippen LogP contribution in [0.3, 0.4) is 0 Å². The lowest BCUT2D eigenvalue weighted by Crippen LogP contribution is -2.47. The van der Waals surface area contributed by atoms with E-state index in [4.69, 9.17) is 10.2 Å². The Kier molecular flexibility index (Phi) is 11.2. The fourth-order valence-corrected chi connectivity index (χ4v) is 1.00. The van der Waals surface area contributed by atoms with Gasteiger partial charge in [-0.15, -0.1) is 0 Å². The number of carbonyl (C=O) groups is 2. The van der Waals surface area contributed by atoms with Gasteiger partial charge in [0.15, 0.2) is 0 Å². The molecule has 0 fully saturated rings. The molecule has 0 unspecified atom stereocenters. The number of hydrogen-bond acceptors (Lipinski definition) is 4. The first kappa shape index (κ1) is 17.3. The highest BCUT2D eigenvalue weighted by Gasteiger charge is 2.19. The van der Waals surface area contributed by atoms with Gasteiger partial charge in [0.1, 0.15) is 6.04 Å². The molecule has 6 heteroatoms. The number of amides is 1. The number of likely N-dealkylation sites (N-methyl/N-ethyl adjacent to an activating group) is 1. The van der Waals surface area contributed by atoms with Crippen LogP contribution in [0.4, 0.5) is 0 Å². The highest BCUT2D eigenvalue weighted by Crippen LogP contribution is 1.90. The summed E-state index contributed by atoms with van der Waals surface area (Å²) in [7, 11) is 1.67. The Labute approximate surface area is 96.3 Å². The standard InChI is InChI=1S/C8H16N2O4.C2H6/c1-6(12)9-7(8(13)14)5-10(2)3-4-11;1-2/h7,11H,3-5H2,1-2H3,(H,9,12)(H,13,14);1-2H3/t7-;/m1./s1. The summed E-state index contributed by atoms with van der Waals surface area (Å²) in [5.41, 5.74) is 0. The average Bonchev–Trinajstić information content (AvgIpc) is 2.19. The van der Waals surface area contributed by atoms with Crippen molar-refractivity contribution in [1.82, 2.24) is 10.2 Å². The Hall–Kier alpha value is -1.14. The van der Waals surface area contributed by atoms with E-state index in [-0.39, 0.29) is 19.1 Å². The van der Waals surface area contributed by atoms with E-state index in [1.54, 1.807) is 11.9 Å². The second-order valence-electron chi connectivity index (χ2n) is 3.08. The third-order valence-electron chi connectivity index (χ3n) is 1.65. The molecule has 3 N–H and O–H groups in total. The van der Waals surface area contributed by atoms with Crippen LogP contribution in [0.15, 0.2) is 0 Å². The molecule has 0 aliphatic heterocycles. The molecule has 0 aliphatic carbocycles.